The Labute approximate surface area is 122 Å². The first-order valence-electron chi connectivity index (χ1n) is 5.89. The molecule has 0 bridgehead atoms. The van der Waals surface area contributed by atoms with Crippen LogP contribution in [0, 0.1) is 0 Å². The van der Waals surface area contributed by atoms with Crippen molar-refractivity contribution in [2.24, 2.45) is 0 Å². The highest BCUT2D eigenvalue weighted by Gasteiger charge is 2.10. The van der Waals surface area contributed by atoms with E-state index in [9.17, 15) is 4.79 Å². The van der Waals surface area contributed by atoms with E-state index in [4.69, 9.17) is 9.15 Å². The van der Waals surface area contributed by atoms with E-state index in [-0.39, 0.29) is 12.5 Å². The molecule has 0 aliphatic heterocycles. The van der Waals surface area contributed by atoms with E-state index >= 15 is 0 Å². The fourth-order valence-corrected chi connectivity index (χ4v) is 2.59. The maximum Gasteiger partial charge on any atom is 0.421 e. The zero-order chi connectivity index (χ0) is 14.0. The van der Waals surface area contributed by atoms with Gasteiger partial charge >= 0.3 is 5.76 Å². The lowest BCUT2D eigenvalue weighted by molar-refractivity contribution is 0.0874. The van der Waals surface area contributed by atoms with Gasteiger partial charge in [-0.25, -0.2) is 19.4 Å². The molecule has 0 spiro atoms. The standard InChI is InChI=1S/C13H18BrNO3S/c1-19(2,3)7-6-17-9-15-11-8-10(14)4-5-12(11)18-13(15)16/h4-5,8H,6-7,9H2,1-3H3. The molecule has 4 nitrogen and oxygen atoms in total. The molecule has 0 saturated carbocycles. The molecular formula is C13H18BrNO3S. The largest absolute Gasteiger partial charge is 0.421 e. The van der Waals surface area contributed by atoms with Gasteiger partial charge in [-0.05, 0) is 37.0 Å². The lowest BCUT2D eigenvalue weighted by Gasteiger charge is -2.24. The van der Waals surface area contributed by atoms with Crippen LogP contribution in [-0.4, -0.2) is 35.7 Å². The first-order valence-corrected chi connectivity index (χ1v) is 9.71. The molecule has 1 aromatic carbocycles. The third-order valence-electron chi connectivity index (χ3n) is 2.69. The van der Waals surface area contributed by atoms with E-state index in [0.29, 0.717) is 12.2 Å². The van der Waals surface area contributed by atoms with Crippen LogP contribution in [0.5, 0.6) is 0 Å². The second-order valence-electron chi connectivity index (χ2n) is 5.24. The first kappa shape index (κ1) is 14.7. The third kappa shape index (κ3) is 3.87. The predicted octanol–water partition coefficient (Wildman–Crippen LogP) is 3.03. The number of ether oxygens (including phenoxy) is 1. The van der Waals surface area contributed by atoms with Gasteiger partial charge in [-0.15, -0.1) is 0 Å². The van der Waals surface area contributed by atoms with E-state index in [1.165, 1.54) is 4.57 Å². The molecule has 106 valence electrons. The number of halogens is 1. The Kier molecular flexibility index (Phi) is 4.43. The number of rotatable bonds is 5. The topological polar surface area (TPSA) is 44.4 Å². The van der Waals surface area contributed by atoms with Crippen molar-refractivity contribution >= 4 is 37.1 Å². The van der Waals surface area contributed by atoms with Gasteiger partial charge in [-0.2, -0.15) is 0 Å². The summed E-state index contributed by atoms with van der Waals surface area (Å²) >= 11 is 3.39. The molecule has 0 fully saturated rings. The summed E-state index contributed by atoms with van der Waals surface area (Å²) in [5.41, 5.74) is 1.33. The van der Waals surface area contributed by atoms with Crippen LogP contribution in [0.2, 0.25) is 0 Å². The second kappa shape index (κ2) is 5.73. The van der Waals surface area contributed by atoms with Crippen LogP contribution in [0.25, 0.3) is 11.1 Å². The molecule has 2 aromatic rings. The molecule has 0 radical (unpaired) electrons. The van der Waals surface area contributed by atoms with Gasteiger partial charge in [0.25, 0.3) is 0 Å². The van der Waals surface area contributed by atoms with Crippen molar-refractivity contribution in [1.82, 2.24) is 4.57 Å². The molecular weight excluding hydrogens is 330 g/mol. The van der Waals surface area contributed by atoms with Crippen molar-refractivity contribution in [3.63, 3.8) is 0 Å². The summed E-state index contributed by atoms with van der Waals surface area (Å²) in [6.07, 6.45) is 6.73. The van der Waals surface area contributed by atoms with Crippen molar-refractivity contribution in [3.8, 4) is 0 Å². The summed E-state index contributed by atoms with van der Waals surface area (Å²) in [7, 11) is -0.568. The van der Waals surface area contributed by atoms with Crippen molar-refractivity contribution in [1.29, 1.82) is 0 Å². The van der Waals surface area contributed by atoms with Gasteiger partial charge in [0.1, 0.15) is 6.73 Å². The monoisotopic (exact) mass is 347 g/mol. The number of oxazole rings is 1. The highest BCUT2D eigenvalue weighted by Crippen LogP contribution is 2.33. The fourth-order valence-electron chi connectivity index (χ4n) is 1.62. The molecule has 6 heteroatoms. The molecule has 0 saturated heterocycles. The van der Waals surface area contributed by atoms with Gasteiger partial charge < -0.3 is 9.15 Å². The fraction of sp³-hybridized carbons (Fsp3) is 0.462. The van der Waals surface area contributed by atoms with Crippen LogP contribution in [0.4, 0.5) is 0 Å². The number of hydrogen-bond donors (Lipinski definition) is 0. The van der Waals surface area contributed by atoms with Gasteiger partial charge in [-0.3, -0.25) is 0 Å². The van der Waals surface area contributed by atoms with Crippen molar-refractivity contribution < 1.29 is 9.15 Å². The van der Waals surface area contributed by atoms with Crippen LogP contribution >= 0.6 is 26.0 Å². The molecule has 0 atom stereocenters. The smallest absolute Gasteiger partial charge is 0.408 e. The van der Waals surface area contributed by atoms with E-state index in [2.05, 4.69) is 34.7 Å². The molecule has 19 heavy (non-hydrogen) atoms. The molecule has 0 N–H and O–H groups in total. The normalized spacial score (nSPS) is 13.1. The minimum absolute atomic E-state index is 0.234. The summed E-state index contributed by atoms with van der Waals surface area (Å²) in [6.45, 7) is 0.893. The minimum Gasteiger partial charge on any atom is -0.408 e. The molecule has 0 amide bonds. The van der Waals surface area contributed by atoms with Crippen LogP contribution < -0.4 is 5.76 Å². The van der Waals surface area contributed by atoms with E-state index in [1.54, 1.807) is 6.07 Å². The summed E-state index contributed by atoms with van der Waals surface area (Å²) in [5.74, 6) is 0.650. The Morgan fingerprint density at radius 1 is 1.37 bits per heavy atom. The number of benzene rings is 1. The Morgan fingerprint density at radius 3 is 2.79 bits per heavy atom. The van der Waals surface area contributed by atoms with E-state index < -0.39 is 10.0 Å². The highest BCUT2D eigenvalue weighted by molar-refractivity contribution is 9.10. The zero-order valence-corrected chi connectivity index (χ0v) is 13.7. The third-order valence-corrected chi connectivity index (χ3v) is 4.57. The minimum atomic E-state index is -0.568. The molecule has 0 unspecified atom stereocenters. The molecule has 0 aliphatic rings. The van der Waals surface area contributed by atoms with Crippen LogP contribution in [-0.2, 0) is 11.5 Å². The number of hydrogen-bond acceptors (Lipinski definition) is 3. The maximum absolute atomic E-state index is 11.7. The first-order chi connectivity index (χ1) is 8.87. The van der Waals surface area contributed by atoms with E-state index in [1.807, 2.05) is 12.1 Å². The Hall–Kier alpha value is -0.720. The van der Waals surface area contributed by atoms with Crippen LogP contribution in [0.3, 0.4) is 0 Å². The summed E-state index contributed by atoms with van der Waals surface area (Å²) in [6, 6.07) is 5.48. The predicted molar refractivity (Wildman–Crippen MR) is 84.4 cm³/mol. The van der Waals surface area contributed by atoms with Crippen molar-refractivity contribution in [2.45, 2.75) is 6.73 Å². The Bertz CT molecular complexity index is 627. The van der Waals surface area contributed by atoms with Gasteiger partial charge in [0.05, 0.1) is 12.1 Å². The van der Waals surface area contributed by atoms with Crippen LogP contribution in [0.1, 0.15) is 0 Å². The highest BCUT2D eigenvalue weighted by atomic mass is 79.9. The van der Waals surface area contributed by atoms with Crippen molar-refractivity contribution in [3.05, 3.63) is 33.2 Å². The molecule has 1 aromatic heterocycles. The summed E-state index contributed by atoms with van der Waals surface area (Å²) < 4.78 is 13.2. The zero-order valence-electron chi connectivity index (χ0n) is 11.3. The second-order valence-corrected chi connectivity index (χ2v) is 10.7. The Balaban J connectivity index is 2.10. The van der Waals surface area contributed by atoms with Gasteiger partial charge in [0.15, 0.2) is 5.58 Å². The molecule has 1 heterocycles. The van der Waals surface area contributed by atoms with Crippen LogP contribution in [0.15, 0.2) is 31.9 Å². The quantitative estimate of drug-likeness (QED) is 0.781. The lowest BCUT2D eigenvalue weighted by atomic mass is 10.3. The number of fused-ring (bicyclic) bond motifs is 1. The maximum atomic E-state index is 11.7. The lowest BCUT2D eigenvalue weighted by Crippen LogP contribution is -2.17. The van der Waals surface area contributed by atoms with Gasteiger partial charge in [0, 0.05) is 10.2 Å². The average Bonchev–Trinajstić information content (AvgIpc) is 2.59. The number of aromatic nitrogens is 1. The van der Waals surface area contributed by atoms with Gasteiger partial charge in [-0.1, -0.05) is 15.9 Å². The van der Waals surface area contributed by atoms with Crippen molar-refractivity contribution in [2.75, 3.05) is 31.1 Å². The SMILES string of the molecule is CS(C)(C)CCOCn1c(=O)oc2ccc(Br)cc21. The summed E-state index contributed by atoms with van der Waals surface area (Å²) in [4.78, 5) is 11.7. The summed E-state index contributed by atoms with van der Waals surface area (Å²) in [5, 5.41) is 0. The molecule has 0 aliphatic carbocycles. The Morgan fingerprint density at radius 2 is 2.11 bits per heavy atom. The van der Waals surface area contributed by atoms with E-state index in [0.717, 1.165) is 15.7 Å². The molecule has 2 rings (SSSR count). The number of nitrogens with zero attached hydrogens (tertiary/aromatic N) is 1. The van der Waals surface area contributed by atoms with Gasteiger partial charge in [0.2, 0.25) is 0 Å². The average molecular weight is 348 g/mol.